The van der Waals surface area contributed by atoms with Gasteiger partial charge in [-0.3, -0.25) is 13.3 Å². The van der Waals surface area contributed by atoms with Gasteiger partial charge in [-0.05, 0) is 0 Å². The van der Waals surface area contributed by atoms with Crippen molar-refractivity contribution in [3.63, 3.8) is 0 Å². The van der Waals surface area contributed by atoms with Crippen molar-refractivity contribution in [3.8, 4) is 0 Å². The molecule has 0 amide bonds. The van der Waals surface area contributed by atoms with Crippen LogP contribution in [0.2, 0.25) is 0 Å². The van der Waals surface area contributed by atoms with E-state index in [0.29, 0.717) is 0 Å². The van der Waals surface area contributed by atoms with Crippen molar-refractivity contribution in [1.29, 1.82) is 0 Å². The summed E-state index contributed by atoms with van der Waals surface area (Å²) < 4.78 is 48.2. The molecule has 0 spiro atoms. The number of rotatable bonds is 0. The third-order valence-electron chi connectivity index (χ3n) is 0. The topological polar surface area (TPSA) is 121 Å². The molecule has 10 heavy (non-hydrogen) atoms. The first-order valence-electron chi connectivity index (χ1n) is 1.03. The number of hydrogen-bond acceptors (Lipinski definition) is 4. The van der Waals surface area contributed by atoms with Crippen LogP contribution in [0.1, 0.15) is 0 Å². The molecule has 0 radical (unpaired) electrons. The van der Waals surface area contributed by atoms with E-state index in [4.69, 9.17) is 26.6 Å². The summed E-state index contributed by atoms with van der Waals surface area (Å²) in [7, 11) is 0. The zero-order valence-electron chi connectivity index (χ0n) is 4.55. The fourth-order valence-electron chi connectivity index (χ4n) is 0. The van der Waals surface area contributed by atoms with Gasteiger partial charge in [0.05, 0.1) is 0 Å². The molecule has 0 heterocycles. The molecular formula is H4CdO6S2Se. The first kappa shape index (κ1) is 22.6. The van der Waals surface area contributed by atoms with Crippen molar-refractivity contribution in [2.24, 2.45) is 0 Å². The van der Waals surface area contributed by atoms with Crippen LogP contribution in [0.25, 0.3) is 0 Å². The van der Waals surface area contributed by atoms with Gasteiger partial charge in [-0.15, -0.1) is 11.4 Å². The van der Waals surface area contributed by atoms with Crippen LogP contribution in [0, 0.1) is 0 Å². The minimum atomic E-state index is -3.11. The summed E-state index contributed by atoms with van der Waals surface area (Å²) >= 11 is -5.72. The monoisotopic (exact) mass is 358 g/mol. The average Bonchev–Trinajstić information content (AvgIpc) is 1.25. The molecule has 0 aliphatic rings. The first-order valence-corrected chi connectivity index (χ1v) is 3.10. The van der Waals surface area contributed by atoms with Crippen molar-refractivity contribution >= 4 is 39.8 Å². The molecule has 0 aliphatic carbocycles. The molecule has 0 unspecified atom stereocenters. The fourth-order valence-corrected chi connectivity index (χ4v) is 0. The molecular weight excluding hydrogens is 351 g/mol. The summed E-state index contributed by atoms with van der Waals surface area (Å²) in [6, 6.07) is 0. The van der Waals surface area contributed by atoms with Crippen LogP contribution in [-0.2, 0) is 50.0 Å². The third-order valence-corrected chi connectivity index (χ3v) is 0. The maximum absolute atomic E-state index is 8.67. The Bertz CT molecular complexity index is 73.7. The Balaban J connectivity index is -0.0000000300. The van der Waals surface area contributed by atoms with Crippen LogP contribution in [0.4, 0.5) is 0 Å². The quantitative estimate of drug-likeness (QED) is 0.374. The second-order valence-corrected chi connectivity index (χ2v) is 1.30. The predicted molar refractivity (Wildman–Crippen MR) is 31.6 cm³/mol. The van der Waals surface area contributed by atoms with Crippen molar-refractivity contribution in [1.82, 2.24) is 0 Å². The third kappa shape index (κ3) is 282. The van der Waals surface area contributed by atoms with E-state index in [0.717, 1.165) is 0 Å². The Hall–Kier alpha value is 1.58. The van der Waals surface area contributed by atoms with Crippen LogP contribution in [0.5, 0.6) is 0 Å². The van der Waals surface area contributed by atoms with Crippen molar-refractivity contribution in [2.75, 3.05) is 0 Å². The maximum atomic E-state index is 8.67. The molecule has 0 atom stereocenters. The normalized spacial score (nSPS) is 7.00. The Kier molecular flexibility index (Phi) is 38.1. The summed E-state index contributed by atoms with van der Waals surface area (Å²) in [5, 5.41) is 0. The summed E-state index contributed by atoms with van der Waals surface area (Å²) in [6.45, 7) is 0. The summed E-state index contributed by atoms with van der Waals surface area (Å²) in [4.78, 5) is 0. The predicted octanol–water partition coefficient (Wildman–Crippen LogP) is -2.24. The van der Waals surface area contributed by atoms with Gasteiger partial charge >= 0.3 is 44.4 Å². The van der Waals surface area contributed by atoms with Gasteiger partial charge in [0.15, 0.2) is 0 Å². The van der Waals surface area contributed by atoms with Gasteiger partial charge < -0.3 is 9.11 Å². The second-order valence-electron chi connectivity index (χ2n) is 0.435. The molecule has 0 aromatic carbocycles. The minimum absolute atomic E-state index is 0. The fraction of sp³-hybridized carbons (Fsp3) is 0. The van der Waals surface area contributed by atoms with E-state index >= 15 is 0 Å². The molecule has 0 saturated heterocycles. The molecule has 0 aliphatic heterocycles. The number of hydrogen-bond donors (Lipinski definition) is 2. The van der Waals surface area contributed by atoms with Gasteiger partial charge in [0.25, 0.3) is 11.4 Å². The van der Waals surface area contributed by atoms with Crippen molar-refractivity contribution < 1.29 is 53.9 Å². The van der Waals surface area contributed by atoms with E-state index in [1.165, 1.54) is 0 Å². The molecule has 0 fully saturated rings. The molecule has 0 bridgehead atoms. The van der Waals surface area contributed by atoms with Gasteiger partial charge in [-0.1, -0.05) is 0 Å². The Morgan fingerprint density at radius 1 is 1.10 bits per heavy atom. The van der Waals surface area contributed by atoms with Gasteiger partial charge in [0, 0.05) is 0 Å². The molecule has 0 aromatic heterocycles. The zero-order chi connectivity index (χ0) is 7.15. The summed E-state index contributed by atoms with van der Waals surface area (Å²) in [6.07, 6.45) is 0. The van der Waals surface area contributed by atoms with Crippen LogP contribution in [-0.4, -0.2) is 43.7 Å². The summed E-state index contributed by atoms with van der Waals surface area (Å²) in [5.74, 6) is 0. The SMILES string of the molecule is O=S(O)O.O=S([O-])[O-].[Cd+2].[SeH2]. The zero-order valence-corrected chi connectivity index (χ0v) is 12.3. The standard InChI is InChI=1S/Cd.2H2O3S.H2Se/c;2*1-4(2)3;/h;2*(H2,1,2,3);1H2/q+2;;;/p-2. The van der Waals surface area contributed by atoms with Crippen molar-refractivity contribution in [2.45, 2.75) is 0 Å². The van der Waals surface area contributed by atoms with Gasteiger partial charge in [-0.2, -0.15) is 4.21 Å². The van der Waals surface area contributed by atoms with Crippen LogP contribution in [0.15, 0.2) is 0 Å². The van der Waals surface area contributed by atoms with Gasteiger partial charge in [-0.25, -0.2) is 0 Å². The van der Waals surface area contributed by atoms with E-state index in [9.17, 15) is 0 Å². The summed E-state index contributed by atoms with van der Waals surface area (Å²) in [5.41, 5.74) is 0. The Morgan fingerprint density at radius 3 is 1.10 bits per heavy atom. The first-order chi connectivity index (χ1) is 3.46. The van der Waals surface area contributed by atoms with Crippen LogP contribution >= 0.6 is 0 Å². The van der Waals surface area contributed by atoms with Crippen LogP contribution in [0.3, 0.4) is 0 Å². The second kappa shape index (κ2) is 16.9. The molecule has 0 rings (SSSR count). The molecule has 2 N–H and O–H groups in total. The van der Waals surface area contributed by atoms with Gasteiger partial charge in [0.1, 0.15) is 0 Å². The van der Waals surface area contributed by atoms with E-state index in [1.54, 1.807) is 0 Å². The molecule has 10 heteroatoms. The van der Waals surface area contributed by atoms with Crippen LogP contribution < -0.4 is 0 Å². The van der Waals surface area contributed by atoms with E-state index in [1.807, 2.05) is 0 Å². The van der Waals surface area contributed by atoms with E-state index < -0.39 is 22.7 Å². The van der Waals surface area contributed by atoms with Gasteiger partial charge in [0.2, 0.25) is 0 Å². The molecule has 0 aromatic rings. The molecule has 0 saturated carbocycles. The van der Waals surface area contributed by atoms with E-state index in [2.05, 4.69) is 0 Å². The Morgan fingerprint density at radius 2 is 1.10 bits per heavy atom. The van der Waals surface area contributed by atoms with E-state index in [-0.39, 0.29) is 44.4 Å². The average molecular weight is 356 g/mol. The molecule has 6 nitrogen and oxygen atoms in total. The Labute approximate surface area is 93.0 Å². The van der Waals surface area contributed by atoms with Crippen molar-refractivity contribution in [3.05, 3.63) is 0 Å². The molecule has 60 valence electrons.